The van der Waals surface area contributed by atoms with E-state index in [1.54, 1.807) is 13.2 Å². The minimum Gasteiger partial charge on any atom is -0.497 e. The number of nitrogens with zero attached hydrogens (tertiary/aromatic N) is 2. The summed E-state index contributed by atoms with van der Waals surface area (Å²) in [7, 11) is 1.60. The molecule has 0 spiro atoms. The number of benzene rings is 2. The van der Waals surface area contributed by atoms with Crippen molar-refractivity contribution in [2.45, 2.75) is 12.8 Å². The predicted octanol–water partition coefficient (Wildman–Crippen LogP) is 4.20. The molecular weight excluding hydrogens is 342 g/mol. The Kier molecular flexibility index (Phi) is 4.78. The van der Waals surface area contributed by atoms with Gasteiger partial charge in [0.1, 0.15) is 5.75 Å². The first-order chi connectivity index (χ1) is 13.2. The largest absolute Gasteiger partial charge is 0.497 e. The third-order valence-corrected chi connectivity index (χ3v) is 4.69. The Morgan fingerprint density at radius 3 is 2.63 bits per heavy atom. The lowest BCUT2D eigenvalue weighted by molar-refractivity contribution is 0.101. The molecule has 1 fully saturated rings. The van der Waals surface area contributed by atoms with Gasteiger partial charge in [-0.15, -0.1) is 0 Å². The number of carbonyl (C=O) groups is 1. The van der Waals surface area contributed by atoms with Gasteiger partial charge in [0.25, 0.3) is 5.91 Å². The van der Waals surface area contributed by atoms with E-state index in [1.807, 2.05) is 48.5 Å². The van der Waals surface area contributed by atoms with Crippen LogP contribution in [0, 0.1) is 0 Å². The summed E-state index contributed by atoms with van der Waals surface area (Å²) >= 11 is 0. The van der Waals surface area contributed by atoms with Crippen LogP contribution in [0.2, 0.25) is 0 Å². The highest BCUT2D eigenvalue weighted by atomic mass is 16.5. The summed E-state index contributed by atoms with van der Waals surface area (Å²) in [6.07, 6.45) is 2.47. The van der Waals surface area contributed by atoms with Crippen LogP contribution in [0.1, 0.15) is 23.3 Å². The number of aromatic nitrogens is 1. The molecule has 0 bridgehead atoms. The second-order valence-electron chi connectivity index (χ2n) is 6.50. The fourth-order valence-corrected chi connectivity index (χ4v) is 3.22. The number of amides is 1. The standard InChI is InChI=1S/C21H21N3O3/c1-26-18-6-4-5-15(13-18)20-14-19(23-27-20)21(25)22-16-7-9-17(10-8-16)24-11-2-3-12-24/h4-10,13-14H,2-3,11-12H2,1H3,(H,22,25). The van der Waals surface area contributed by atoms with Crippen LogP contribution in [0.15, 0.2) is 59.1 Å². The second-order valence-corrected chi connectivity index (χ2v) is 6.50. The molecule has 1 aliphatic heterocycles. The molecule has 1 aromatic heterocycles. The van der Waals surface area contributed by atoms with E-state index in [1.165, 1.54) is 18.5 Å². The van der Waals surface area contributed by atoms with Crippen LogP contribution < -0.4 is 15.0 Å². The van der Waals surface area contributed by atoms with Crippen LogP contribution in [-0.4, -0.2) is 31.3 Å². The maximum absolute atomic E-state index is 12.5. The number of rotatable bonds is 5. The molecule has 6 heteroatoms. The van der Waals surface area contributed by atoms with Gasteiger partial charge in [0.05, 0.1) is 7.11 Å². The van der Waals surface area contributed by atoms with E-state index in [-0.39, 0.29) is 11.6 Å². The van der Waals surface area contributed by atoms with Crippen molar-refractivity contribution in [1.29, 1.82) is 0 Å². The van der Waals surface area contributed by atoms with Crippen molar-refractivity contribution in [1.82, 2.24) is 5.16 Å². The Labute approximate surface area is 157 Å². The van der Waals surface area contributed by atoms with Gasteiger partial charge in [-0.25, -0.2) is 0 Å². The fraction of sp³-hybridized carbons (Fsp3) is 0.238. The Bertz CT molecular complexity index is 928. The first kappa shape index (κ1) is 17.1. The summed E-state index contributed by atoms with van der Waals surface area (Å²) in [5, 5.41) is 6.75. The van der Waals surface area contributed by atoms with Crippen molar-refractivity contribution in [3.8, 4) is 17.1 Å². The van der Waals surface area contributed by atoms with Crippen LogP contribution in [0.3, 0.4) is 0 Å². The summed E-state index contributed by atoms with van der Waals surface area (Å²) in [4.78, 5) is 14.8. The van der Waals surface area contributed by atoms with Gasteiger partial charge in [-0.3, -0.25) is 4.79 Å². The van der Waals surface area contributed by atoms with Crippen LogP contribution >= 0.6 is 0 Å². The van der Waals surface area contributed by atoms with Gasteiger partial charge in [-0.2, -0.15) is 0 Å². The summed E-state index contributed by atoms with van der Waals surface area (Å²) in [5.74, 6) is 0.929. The number of ether oxygens (including phenoxy) is 1. The van der Waals surface area contributed by atoms with Gasteiger partial charge in [0.15, 0.2) is 11.5 Å². The minimum absolute atomic E-state index is 0.233. The van der Waals surface area contributed by atoms with Crippen LogP contribution in [0.5, 0.6) is 5.75 Å². The smallest absolute Gasteiger partial charge is 0.277 e. The SMILES string of the molecule is COc1cccc(-c2cc(C(=O)Nc3ccc(N4CCCC4)cc3)no2)c1. The van der Waals surface area contributed by atoms with Crippen molar-refractivity contribution in [3.63, 3.8) is 0 Å². The number of carbonyl (C=O) groups excluding carboxylic acids is 1. The molecule has 138 valence electrons. The average molecular weight is 363 g/mol. The number of hydrogen-bond donors (Lipinski definition) is 1. The van der Waals surface area contributed by atoms with Crippen LogP contribution in [0.25, 0.3) is 11.3 Å². The molecule has 0 atom stereocenters. The van der Waals surface area contributed by atoms with Crippen molar-refractivity contribution in [2.75, 3.05) is 30.4 Å². The lowest BCUT2D eigenvalue weighted by Crippen LogP contribution is -2.17. The van der Waals surface area contributed by atoms with Crippen molar-refractivity contribution in [3.05, 3.63) is 60.3 Å². The lowest BCUT2D eigenvalue weighted by atomic mass is 10.1. The maximum atomic E-state index is 12.5. The first-order valence-electron chi connectivity index (χ1n) is 9.00. The van der Waals surface area contributed by atoms with Gasteiger partial charge < -0.3 is 19.5 Å². The Morgan fingerprint density at radius 1 is 1.11 bits per heavy atom. The van der Waals surface area contributed by atoms with Gasteiger partial charge in [-0.1, -0.05) is 17.3 Å². The number of nitrogens with one attached hydrogen (secondary N) is 1. The van der Waals surface area contributed by atoms with Gasteiger partial charge in [-0.05, 0) is 49.2 Å². The Balaban J connectivity index is 1.44. The highest BCUT2D eigenvalue weighted by molar-refractivity contribution is 6.03. The quantitative estimate of drug-likeness (QED) is 0.736. The molecule has 0 aliphatic carbocycles. The molecule has 0 saturated carbocycles. The van der Waals surface area contributed by atoms with E-state index in [9.17, 15) is 4.79 Å². The van der Waals surface area contributed by atoms with Crippen LogP contribution in [-0.2, 0) is 0 Å². The molecule has 3 aromatic rings. The van der Waals surface area contributed by atoms with Crippen molar-refractivity contribution >= 4 is 17.3 Å². The monoisotopic (exact) mass is 363 g/mol. The normalized spacial score (nSPS) is 13.6. The van der Waals surface area contributed by atoms with E-state index >= 15 is 0 Å². The zero-order valence-electron chi connectivity index (χ0n) is 15.1. The first-order valence-corrected chi connectivity index (χ1v) is 9.00. The summed E-state index contributed by atoms with van der Waals surface area (Å²) < 4.78 is 10.5. The third-order valence-electron chi connectivity index (χ3n) is 4.69. The Morgan fingerprint density at radius 2 is 1.89 bits per heavy atom. The summed E-state index contributed by atoms with van der Waals surface area (Å²) in [6, 6.07) is 16.9. The second kappa shape index (κ2) is 7.53. The number of anilines is 2. The maximum Gasteiger partial charge on any atom is 0.277 e. The van der Waals surface area contributed by atoms with Gasteiger partial charge in [0, 0.05) is 36.1 Å². The zero-order chi connectivity index (χ0) is 18.6. The molecule has 1 aliphatic rings. The van der Waals surface area contributed by atoms with Crippen molar-refractivity contribution in [2.24, 2.45) is 0 Å². The van der Waals surface area contributed by atoms with Gasteiger partial charge >= 0.3 is 0 Å². The number of methoxy groups -OCH3 is 1. The highest BCUT2D eigenvalue weighted by Crippen LogP contribution is 2.25. The molecule has 0 unspecified atom stereocenters. The molecule has 27 heavy (non-hydrogen) atoms. The molecule has 1 saturated heterocycles. The minimum atomic E-state index is -0.304. The van der Waals surface area contributed by atoms with E-state index in [0.717, 1.165) is 24.3 Å². The van der Waals surface area contributed by atoms with E-state index in [0.29, 0.717) is 11.5 Å². The van der Waals surface area contributed by atoms with E-state index in [4.69, 9.17) is 9.26 Å². The fourth-order valence-electron chi connectivity index (χ4n) is 3.22. The highest BCUT2D eigenvalue weighted by Gasteiger charge is 2.15. The summed E-state index contributed by atoms with van der Waals surface area (Å²) in [6.45, 7) is 2.19. The molecule has 1 N–H and O–H groups in total. The van der Waals surface area contributed by atoms with Gasteiger partial charge in [0.2, 0.25) is 0 Å². The molecule has 1 amide bonds. The average Bonchev–Trinajstić information content (AvgIpc) is 3.41. The molecule has 6 nitrogen and oxygen atoms in total. The summed E-state index contributed by atoms with van der Waals surface area (Å²) in [5.41, 5.74) is 2.95. The molecule has 2 aromatic carbocycles. The van der Waals surface area contributed by atoms with Crippen LogP contribution in [0.4, 0.5) is 11.4 Å². The van der Waals surface area contributed by atoms with E-state index in [2.05, 4.69) is 15.4 Å². The third kappa shape index (κ3) is 3.79. The zero-order valence-corrected chi connectivity index (χ0v) is 15.1. The molecular formula is C21H21N3O3. The topological polar surface area (TPSA) is 67.6 Å². The van der Waals surface area contributed by atoms with E-state index < -0.39 is 0 Å². The molecule has 2 heterocycles. The lowest BCUT2D eigenvalue weighted by Gasteiger charge is -2.17. The Hall–Kier alpha value is -3.28. The molecule has 0 radical (unpaired) electrons. The predicted molar refractivity (Wildman–Crippen MR) is 104 cm³/mol. The van der Waals surface area contributed by atoms with Crippen molar-refractivity contribution < 1.29 is 14.1 Å². The molecule has 4 rings (SSSR count). The number of hydrogen-bond acceptors (Lipinski definition) is 5.